The van der Waals surface area contributed by atoms with Gasteiger partial charge in [0.1, 0.15) is 0 Å². The number of amides is 2. The molecule has 0 aromatic carbocycles. The Labute approximate surface area is 136 Å². The number of methoxy groups -OCH3 is 1. The maximum atomic E-state index is 14.0. The van der Waals surface area contributed by atoms with Crippen LogP contribution in [0.2, 0.25) is 0 Å². The lowest BCUT2D eigenvalue weighted by molar-refractivity contribution is 0.0418. The number of ether oxygens (including phenoxy) is 1. The van der Waals surface area contributed by atoms with Crippen LogP contribution in [0.15, 0.2) is 24.5 Å². The van der Waals surface area contributed by atoms with Crippen LogP contribution in [0.1, 0.15) is 16.1 Å². The molecule has 124 valence electrons. The SMILES string of the molecule is COC(=O)N1CC2(CNC(=O)c3cc(-c4ccncc4F)[nH]c32)C1. The molecule has 0 saturated carbocycles. The van der Waals surface area contributed by atoms with Crippen molar-refractivity contribution in [3.8, 4) is 11.3 Å². The lowest BCUT2D eigenvalue weighted by Crippen LogP contribution is -2.67. The highest BCUT2D eigenvalue weighted by Crippen LogP contribution is 2.40. The Balaban J connectivity index is 1.73. The minimum absolute atomic E-state index is 0.205. The molecule has 7 nitrogen and oxygen atoms in total. The quantitative estimate of drug-likeness (QED) is 0.824. The highest BCUT2D eigenvalue weighted by Gasteiger charge is 2.52. The number of likely N-dealkylation sites (tertiary alicyclic amines) is 1. The first-order valence-electron chi connectivity index (χ1n) is 7.48. The minimum atomic E-state index is -0.463. The van der Waals surface area contributed by atoms with Crippen molar-refractivity contribution in [2.75, 3.05) is 26.7 Å². The van der Waals surface area contributed by atoms with E-state index >= 15 is 0 Å². The van der Waals surface area contributed by atoms with Crippen LogP contribution in [0, 0.1) is 5.82 Å². The minimum Gasteiger partial charge on any atom is -0.453 e. The molecule has 0 radical (unpaired) electrons. The van der Waals surface area contributed by atoms with Gasteiger partial charge in [-0.3, -0.25) is 9.78 Å². The fourth-order valence-electron chi connectivity index (χ4n) is 3.44. The van der Waals surface area contributed by atoms with E-state index in [4.69, 9.17) is 4.74 Å². The molecular weight excluding hydrogens is 315 g/mol. The Kier molecular flexibility index (Phi) is 3.09. The van der Waals surface area contributed by atoms with Crippen LogP contribution in [-0.4, -0.2) is 53.6 Å². The number of halogens is 1. The van der Waals surface area contributed by atoms with Gasteiger partial charge in [0.2, 0.25) is 0 Å². The second kappa shape index (κ2) is 5.05. The highest BCUT2D eigenvalue weighted by molar-refractivity contribution is 5.99. The molecule has 1 spiro atoms. The summed E-state index contributed by atoms with van der Waals surface area (Å²) in [5.74, 6) is -0.667. The van der Waals surface area contributed by atoms with Crippen molar-refractivity contribution in [1.82, 2.24) is 20.2 Å². The Bertz CT molecular complexity index is 842. The lowest BCUT2D eigenvalue weighted by Gasteiger charge is -2.50. The zero-order valence-corrected chi connectivity index (χ0v) is 12.9. The number of nitrogens with zero attached hydrogens (tertiary/aromatic N) is 2. The maximum absolute atomic E-state index is 14.0. The molecule has 0 atom stereocenters. The van der Waals surface area contributed by atoms with E-state index in [1.165, 1.54) is 13.3 Å². The average Bonchev–Trinajstić information content (AvgIpc) is 2.99. The maximum Gasteiger partial charge on any atom is 0.409 e. The standard InChI is InChI=1S/C16H15FN4O3/c1-24-15(23)21-7-16(8-21)6-19-14(22)10-4-12(20-13(10)16)9-2-3-18-5-11(9)17/h2-5,20H,6-8H2,1H3,(H,19,22). The van der Waals surface area contributed by atoms with Crippen LogP contribution in [0.3, 0.4) is 0 Å². The number of hydrogen-bond acceptors (Lipinski definition) is 4. The molecular formula is C16H15FN4O3. The molecule has 2 aliphatic rings. The number of aromatic nitrogens is 2. The monoisotopic (exact) mass is 330 g/mol. The number of carbonyl (C=O) groups is 2. The van der Waals surface area contributed by atoms with Crippen LogP contribution in [-0.2, 0) is 10.2 Å². The molecule has 2 N–H and O–H groups in total. The van der Waals surface area contributed by atoms with Crippen molar-refractivity contribution in [2.45, 2.75) is 5.41 Å². The van der Waals surface area contributed by atoms with Crippen molar-refractivity contribution in [3.63, 3.8) is 0 Å². The summed E-state index contributed by atoms with van der Waals surface area (Å²) in [6.45, 7) is 1.29. The molecule has 24 heavy (non-hydrogen) atoms. The van der Waals surface area contributed by atoms with Gasteiger partial charge in [0.15, 0.2) is 5.82 Å². The van der Waals surface area contributed by atoms with Gasteiger partial charge in [-0.2, -0.15) is 0 Å². The first-order valence-corrected chi connectivity index (χ1v) is 7.48. The van der Waals surface area contributed by atoms with E-state index in [-0.39, 0.29) is 11.3 Å². The van der Waals surface area contributed by atoms with E-state index < -0.39 is 11.9 Å². The third kappa shape index (κ3) is 1.99. The number of hydrogen-bond donors (Lipinski definition) is 2. The van der Waals surface area contributed by atoms with Gasteiger partial charge < -0.3 is 19.9 Å². The van der Waals surface area contributed by atoms with Crippen molar-refractivity contribution in [1.29, 1.82) is 0 Å². The van der Waals surface area contributed by atoms with Crippen LogP contribution in [0.4, 0.5) is 9.18 Å². The van der Waals surface area contributed by atoms with E-state index in [9.17, 15) is 14.0 Å². The van der Waals surface area contributed by atoms with E-state index in [0.717, 1.165) is 11.9 Å². The van der Waals surface area contributed by atoms with E-state index in [2.05, 4.69) is 15.3 Å². The second-order valence-electron chi connectivity index (χ2n) is 6.12. The van der Waals surface area contributed by atoms with Gasteiger partial charge in [-0.15, -0.1) is 0 Å². The smallest absolute Gasteiger partial charge is 0.409 e. The summed E-state index contributed by atoms with van der Waals surface area (Å²) in [6, 6.07) is 3.20. The zero-order valence-electron chi connectivity index (χ0n) is 12.9. The Morgan fingerprint density at radius 3 is 2.92 bits per heavy atom. The third-order valence-electron chi connectivity index (χ3n) is 4.66. The van der Waals surface area contributed by atoms with Gasteiger partial charge in [0, 0.05) is 42.8 Å². The van der Waals surface area contributed by atoms with Gasteiger partial charge in [0.25, 0.3) is 5.91 Å². The molecule has 4 rings (SSSR count). The van der Waals surface area contributed by atoms with Gasteiger partial charge >= 0.3 is 6.09 Å². The van der Waals surface area contributed by atoms with Gasteiger partial charge in [0.05, 0.1) is 24.3 Å². The van der Waals surface area contributed by atoms with Crippen LogP contribution >= 0.6 is 0 Å². The number of fused-ring (bicyclic) bond motifs is 2. The molecule has 2 aliphatic heterocycles. The van der Waals surface area contributed by atoms with Crippen LogP contribution in [0.5, 0.6) is 0 Å². The topological polar surface area (TPSA) is 87.3 Å². The first-order chi connectivity index (χ1) is 11.5. The van der Waals surface area contributed by atoms with Gasteiger partial charge in [-0.25, -0.2) is 9.18 Å². The lowest BCUT2D eigenvalue weighted by atomic mass is 9.73. The van der Waals surface area contributed by atoms with Crippen LogP contribution < -0.4 is 5.32 Å². The molecule has 2 amide bonds. The summed E-state index contributed by atoms with van der Waals surface area (Å²) in [5.41, 5.74) is 1.70. The molecule has 1 saturated heterocycles. The fraction of sp³-hybridized carbons (Fsp3) is 0.312. The predicted octanol–water partition coefficient (Wildman–Crippen LogP) is 1.28. The summed E-state index contributed by atoms with van der Waals surface area (Å²) >= 11 is 0. The number of pyridine rings is 1. The van der Waals surface area contributed by atoms with Crippen molar-refractivity contribution >= 4 is 12.0 Å². The highest BCUT2D eigenvalue weighted by atomic mass is 19.1. The molecule has 0 unspecified atom stereocenters. The summed E-state index contributed by atoms with van der Waals surface area (Å²) in [5, 5.41) is 2.84. The number of carbonyl (C=O) groups excluding carboxylic acids is 2. The van der Waals surface area contributed by atoms with E-state index in [0.29, 0.717) is 36.5 Å². The molecule has 2 aromatic heterocycles. The van der Waals surface area contributed by atoms with Gasteiger partial charge in [-0.05, 0) is 12.1 Å². The summed E-state index contributed by atoms with van der Waals surface area (Å²) in [7, 11) is 1.33. The number of H-pyrrole nitrogens is 1. The molecule has 0 bridgehead atoms. The number of aromatic amines is 1. The fourth-order valence-corrected chi connectivity index (χ4v) is 3.44. The Hall–Kier alpha value is -2.90. The summed E-state index contributed by atoms with van der Waals surface area (Å²) in [4.78, 5) is 32.3. The van der Waals surface area contributed by atoms with Crippen LogP contribution in [0.25, 0.3) is 11.3 Å². The van der Waals surface area contributed by atoms with E-state index in [1.54, 1.807) is 17.0 Å². The first kappa shape index (κ1) is 14.7. The largest absolute Gasteiger partial charge is 0.453 e. The van der Waals surface area contributed by atoms with Crippen molar-refractivity contribution in [2.24, 2.45) is 0 Å². The normalized spacial score (nSPS) is 17.9. The summed E-state index contributed by atoms with van der Waals surface area (Å²) < 4.78 is 18.7. The van der Waals surface area contributed by atoms with Crippen molar-refractivity contribution < 1.29 is 18.7 Å². The number of nitrogens with one attached hydrogen (secondary N) is 2. The molecule has 8 heteroatoms. The summed E-state index contributed by atoms with van der Waals surface area (Å²) in [6.07, 6.45) is 2.23. The average molecular weight is 330 g/mol. The predicted molar refractivity (Wildman–Crippen MR) is 82.0 cm³/mol. The Morgan fingerprint density at radius 2 is 2.21 bits per heavy atom. The molecule has 0 aliphatic carbocycles. The Morgan fingerprint density at radius 1 is 1.42 bits per heavy atom. The molecule has 4 heterocycles. The van der Waals surface area contributed by atoms with Gasteiger partial charge in [-0.1, -0.05) is 0 Å². The van der Waals surface area contributed by atoms with Crippen molar-refractivity contribution in [3.05, 3.63) is 41.6 Å². The number of rotatable bonds is 1. The third-order valence-corrected chi connectivity index (χ3v) is 4.66. The molecule has 2 aromatic rings. The second-order valence-corrected chi connectivity index (χ2v) is 6.12. The zero-order chi connectivity index (χ0) is 16.9. The van der Waals surface area contributed by atoms with E-state index in [1.807, 2.05) is 0 Å². The molecule has 1 fully saturated rings.